The van der Waals surface area contributed by atoms with Gasteiger partial charge in [0.2, 0.25) is 0 Å². The Morgan fingerprint density at radius 3 is 1.85 bits per heavy atom. The number of ether oxygens (including phenoxy) is 3. The zero-order valence-electron chi connectivity index (χ0n) is 13.9. The highest BCUT2D eigenvalue weighted by molar-refractivity contribution is 6.74. The maximum Gasteiger partial charge on any atom is 0.335 e. The molecule has 20 heavy (non-hydrogen) atoms. The molecule has 0 rings (SSSR count). The van der Waals surface area contributed by atoms with Crippen LogP contribution in [0.5, 0.6) is 0 Å². The molecule has 0 fully saturated rings. The predicted molar refractivity (Wildman–Crippen MR) is 81.0 cm³/mol. The van der Waals surface area contributed by atoms with Crippen LogP contribution in [0.2, 0.25) is 18.1 Å². The summed E-state index contributed by atoms with van der Waals surface area (Å²) in [5.41, 5.74) is 0.200. The van der Waals surface area contributed by atoms with Crippen molar-refractivity contribution in [2.75, 3.05) is 21.3 Å². The lowest BCUT2D eigenvalue weighted by Gasteiger charge is -2.40. The number of methoxy groups -OCH3 is 3. The molecule has 5 nitrogen and oxygen atoms in total. The van der Waals surface area contributed by atoms with Gasteiger partial charge in [-0.15, -0.1) is 0 Å². The lowest BCUT2D eigenvalue weighted by molar-refractivity contribution is -0.158. The third-order valence-electron chi connectivity index (χ3n) is 3.73. The second-order valence-corrected chi connectivity index (χ2v) is 10.9. The number of carbonyl (C=O) groups is 1. The van der Waals surface area contributed by atoms with Gasteiger partial charge < -0.3 is 18.6 Å². The van der Waals surface area contributed by atoms with E-state index in [4.69, 9.17) is 18.6 Å². The largest absolute Gasteiger partial charge is 0.466 e. The van der Waals surface area contributed by atoms with Crippen molar-refractivity contribution in [3.63, 3.8) is 0 Å². The minimum absolute atomic E-state index is 0.00627. The molecular formula is C14H28O5Si. The van der Waals surface area contributed by atoms with Gasteiger partial charge in [0.05, 0.1) is 12.7 Å². The van der Waals surface area contributed by atoms with Crippen LogP contribution in [-0.4, -0.2) is 48.0 Å². The van der Waals surface area contributed by atoms with Gasteiger partial charge in [-0.25, -0.2) is 4.79 Å². The van der Waals surface area contributed by atoms with Crippen LogP contribution in [0.3, 0.4) is 0 Å². The van der Waals surface area contributed by atoms with Crippen molar-refractivity contribution in [1.29, 1.82) is 0 Å². The van der Waals surface area contributed by atoms with Crippen LogP contribution >= 0.6 is 0 Å². The van der Waals surface area contributed by atoms with Gasteiger partial charge in [0.1, 0.15) is 6.10 Å². The Labute approximate surface area is 123 Å². The van der Waals surface area contributed by atoms with E-state index in [1.807, 2.05) is 0 Å². The molecule has 0 bridgehead atoms. The Morgan fingerprint density at radius 2 is 1.55 bits per heavy atom. The van der Waals surface area contributed by atoms with Crippen LogP contribution in [0.25, 0.3) is 0 Å². The number of carbonyl (C=O) groups excluding carboxylic acids is 1. The summed E-state index contributed by atoms with van der Waals surface area (Å²) in [5, 5.41) is -0.00627. The lowest BCUT2D eigenvalue weighted by atomic mass is 10.1. The maximum absolute atomic E-state index is 11.7. The lowest BCUT2D eigenvalue weighted by Crippen LogP contribution is -2.49. The molecule has 0 saturated carbocycles. The smallest absolute Gasteiger partial charge is 0.335 e. The molecule has 0 N–H and O–H groups in total. The Morgan fingerprint density at radius 1 is 1.10 bits per heavy atom. The molecule has 0 aliphatic rings. The third-order valence-corrected chi connectivity index (χ3v) is 8.19. The number of hydrogen-bond acceptors (Lipinski definition) is 5. The average molecular weight is 304 g/mol. The fourth-order valence-electron chi connectivity index (χ4n) is 1.38. The van der Waals surface area contributed by atoms with E-state index in [9.17, 15) is 4.79 Å². The summed E-state index contributed by atoms with van der Waals surface area (Å²) in [6.45, 7) is 14.3. The highest BCUT2D eigenvalue weighted by Crippen LogP contribution is 2.38. The molecule has 118 valence electrons. The van der Waals surface area contributed by atoms with Gasteiger partial charge in [0, 0.05) is 14.2 Å². The van der Waals surface area contributed by atoms with Gasteiger partial charge in [0.25, 0.3) is 0 Å². The first-order valence-corrected chi connectivity index (χ1v) is 9.43. The summed E-state index contributed by atoms with van der Waals surface area (Å²) in [6, 6.07) is 0. The summed E-state index contributed by atoms with van der Waals surface area (Å²) in [4.78, 5) is 11.7. The minimum atomic E-state index is -2.11. The van der Waals surface area contributed by atoms with Crippen LogP contribution in [0.4, 0.5) is 0 Å². The summed E-state index contributed by atoms with van der Waals surface area (Å²) >= 11 is 0. The van der Waals surface area contributed by atoms with Crippen molar-refractivity contribution < 1.29 is 23.4 Å². The molecule has 0 aromatic rings. The second kappa shape index (κ2) is 7.35. The van der Waals surface area contributed by atoms with Gasteiger partial charge in [-0.3, -0.25) is 0 Å². The minimum Gasteiger partial charge on any atom is -0.466 e. The molecule has 0 saturated heterocycles. The van der Waals surface area contributed by atoms with Crippen molar-refractivity contribution in [1.82, 2.24) is 0 Å². The number of esters is 1. The Hall–Kier alpha value is -0.693. The number of rotatable bonds is 7. The predicted octanol–water partition coefficient (Wildman–Crippen LogP) is 2.72. The molecule has 1 atom stereocenters. The quantitative estimate of drug-likeness (QED) is 0.313. The molecule has 0 heterocycles. The standard InChI is InChI=1S/C14H28O5Si/c1-10(12(15)16-5)11(13(17-6)18-7)19-20(8,9)14(2,3)4/h11,13H,1H2,2-9H3/t11-/m0/s1. The van der Waals surface area contributed by atoms with Crippen molar-refractivity contribution >= 4 is 14.3 Å². The fraction of sp³-hybridized carbons (Fsp3) is 0.786. The Balaban J connectivity index is 5.35. The molecule has 0 radical (unpaired) electrons. The van der Waals surface area contributed by atoms with Gasteiger partial charge in [-0.2, -0.15) is 0 Å². The molecule has 0 unspecified atom stereocenters. The van der Waals surface area contributed by atoms with Gasteiger partial charge in [-0.05, 0) is 18.1 Å². The van der Waals surface area contributed by atoms with Crippen molar-refractivity contribution in [2.45, 2.75) is 51.3 Å². The summed E-state index contributed by atoms with van der Waals surface area (Å²) in [6.07, 6.45) is -1.38. The highest BCUT2D eigenvalue weighted by Gasteiger charge is 2.43. The van der Waals surface area contributed by atoms with Crippen molar-refractivity contribution in [3.8, 4) is 0 Å². The van der Waals surface area contributed by atoms with Crippen LogP contribution < -0.4 is 0 Å². The average Bonchev–Trinajstić information content (AvgIpc) is 2.35. The topological polar surface area (TPSA) is 54.0 Å². The van der Waals surface area contributed by atoms with Crippen LogP contribution in [0.15, 0.2) is 12.2 Å². The second-order valence-electron chi connectivity index (χ2n) is 6.16. The van der Waals surface area contributed by atoms with E-state index in [2.05, 4.69) is 40.4 Å². The number of hydrogen-bond donors (Lipinski definition) is 0. The molecule has 6 heteroatoms. The third kappa shape index (κ3) is 4.70. The summed E-state index contributed by atoms with van der Waals surface area (Å²) in [7, 11) is 2.20. The zero-order chi connectivity index (χ0) is 16.1. The fourth-order valence-corrected chi connectivity index (χ4v) is 2.62. The van der Waals surface area contributed by atoms with Crippen LogP contribution in [-0.2, 0) is 23.4 Å². The Bertz CT molecular complexity index is 342. The molecule has 0 amide bonds. The maximum atomic E-state index is 11.7. The van der Waals surface area contributed by atoms with E-state index in [1.54, 1.807) is 0 Å². The van der Waals surface area contributed by atoms with Crippen molar-refractivity contribution in [3.05, 3.63) is 12.2 Å². The normalized spacial score (nSPS) is 14.2. The highest BCUT2D eigenvalue weighted by atomic mass is 28.4. The SMILES string of the molecule is C=C(C(=O)OC)[C@H](O[Si](C)(C)C(C)(C)C)C(OC)OC. The van der Waals surface area contributed by atoms with E-state index < -0.39 is 26.7 Å². The van der Waals surface area contributed by atoms with Gasteiger partial charge in [0.15, 0.2) is 14.6 Å². The van der Waals surface area contributed by atoms with E-state index in [0.717, 1.165) is 0 Å². The molecule has 0 aliphatic heterocycles. The summed E-state index contributed by atoms with van der Waals surface area (Å²) in [5.74, 6) is -0.521. The first-order chi connectivity index (χ1) is 9.01. The molecule has 0 aliphatic carbocycles. The van der Waals surface area contributed by atoms with Crippen LogP contribution in [0, 0.1) is 0 Å². The molecule has 0 aromatic heterocycles. The molecule has 0 aromatic carbocycles. The first kappa shape index (κ1) is 19.3. The zero-order valence-corrected chi connectivity index (χ0v) is 14.9. The monoisotopic (exact) mass is 304 g/mol. The van der Waals surface area contributed by atoms with Crippen LogP contribution in [0.1, 0.15) is 20.8 Å². The molecular weight excluding hydrogens is 276 g/mol. The van der Waals surface area contributed by atoms with Crippen molar-refractivity contribution in [2.24, 2.45) is 0 Å². The van der Waals surface area contributed by atoms with E-state index in [0.29, 0.717) is 0 Å². The van der Waals surface area contributed by atoms with E-state index >= 15 is 0 Å². The Kier molecular flexibility index (Phi) is 7.10. The van der Waals surface area contributed by atoms with E-state index in [-0.39, 0.29) is 10.6 Å². The van der Waals surface area contributed by atoms with Gasteiger partial charge in [-0.1, -0.05) is 27.4 Å². The first-order valence-electron chi connectivity index (χ1n) is 6.52. The van der Waals surface area contributed by atoms with E-state index in [1.165, 1.54) is 21.3 Å². The molecule has 0 spiro atoms. The van der Waals surface area contributed by atoms with Gasteiger partial charge >= 0.3 is 5.97 Å². The summed E-state index contributed by atoms with van der Waals surface area (Å²) < 4.78 is 21.4.